The van der Waals surface area contributed by atoms with Crippen molar-refractivity contribution < 1.29 is 22.2 Å². The van der Waals surface area contributed by atoms with Gasteiger partial charge < -0.3 is 10.6 Å². The van der Waals surface area contributed by atoms with E-state index in [9.17, 15) is 22.2 Å². The summed E-state index contributed by atoms with van der Waals surface area (Å²) >= 11 is 0. The molecule has 4 unspecified atom stereocenters. The van der Waals surface area contributed by atoms with Crippen molar-refractivity contribution in [3.8, 4) is 0 Å². The highest BCUT2D eigenvalue weighted by atomic mass is 32.2. The molecule has 2 N–H and O–H groups in total. The maximum atomic E-state index is 12.5. The number of hydrogen-bond acceptors (Lipinski definition) is 3. The fraction of sp³-hybridized carbons (Fsp3) is 0.917. The summed E-state index contributed by atoms with van der Waals surface area (Å²) in [6.45, 7) is 1.58. The van der Waals surface area contributed by atoms with Crippen molar-refractivity contribution in [2.75, 3.05) is 18.6 Å². The molecule has 1 aliphatic rings. The topological polar surface area (TPSA) is 58.2 Å². The molecule has 0 radical (unpaired) electrons. The molecular formula is C12H21F3N2O2S. The van der Waals surface area contributed by atoms with Gasteiger partial charge in [0.25, 0.3) is 0 Å². The van der Waals surface area contributed by atoms with Crippen molar-refractivity contribution in [1.82, 2.24) is 10.6 Å². The lowest BCUT2D eigenvalue weighted by atomic mass is 9.93. The lowest BCUT2D eigenvalue weighted by Gasteiger charge is -2.31. The molecule has 4 atom stereocenters. The van der Waals surface area contributed by atoms with Gasteiger partial charge in [-0.05, 0) is 26.2 Å². The molecular weight excluding hydrogens is 293 g/mol. The molecule has 1 aliphatic heterocycles. The third-order valence-electron chi connectivity index (χ3n) is 3.42. The summed E-state index contributed by atoms with van der Waals surface area (Å²) in [5.41, 5.74) is 0. The maximum Gasteiger partial charge on any atom is 0.393 e. The summed E-state index contributed by atoms with van der Waals surface area (Å²) in [4.78, 5) is 11.9. The molecule has 8 heteroatoms. The van der Waals surface area contributed by atoms with Crippen LogP contribution in [-0.2, 0) is 15.6 Å². The average molecular weight is 314 g/mol. The zero-order valence-corrected chi connectivity index (χ0v) is 12.4. The fourth-order valence-electron chi connectivity index (χ4n) is 2.12. The molecule has 20 heavy (non-hydrogen) atoms. The Bertz CT molecular complexity index is 355. The number of piperidine rings is 1. The van der Waals surface area contributed by atoms with Crippen LogP contribution in [0.3, 0.4) is 0 Å². The normalized spacial score (nSPS) is 26.9. The summed E-state index contributed by atoms with van der Waals surface area (Å²) in [5, 5.41) is 5.40. The van der Waals surface area contributed by atoms with Crippen LogP contribution in [0.5, 0.6) is 0 Å². The minimum atomic E-state index is -4.20. The van der Waals surface area contributed by atoms with Gasteiger partial charge in [-0.1, -0.05) is 0 Å². The van der Waals surface area contributed by atoms with Crippen LogP contribution >= 0.6 is 0 Å². The van der Waals surface area contributed by atoms with E-state index >= 15 is 0 Å². The summed E-state index contributed by atoms with van der Waals surface area (Å²) < 4.78 is 48.4. The molecule has 1 heterocycles. The van der Waals surface area contributed by atoms with E-state index in [0.29, 0.717) is 12.2 Å². The van der Waals surface area contributed by atoms with Crippen LogP contribution < -0.4 is 10.6 Å². The van der Waals surface area contributed by atoms with E-state index in [-0.39, 0.29) is 31.3 Å². The summed E-state index contributed by atoms with van der Waals surface area (Å²) in [7, 11) is -0.912. The number of amides is 1. The molecule has 0 bridgehead atoms. The molecule has 0 aromatic carbocycles. The number of hydrogen-bond donors (Lipinski definition) is 2. The third-order valence-corrected chi connectivity index (χ3v) is 4.23. The van der Waals surface area contributed by atoms with Gasteiger partial charge in [0.05, 0.1) is 12.0 Å². The molecule has 1 fully saturated rings. The van der Waals surface area contributed by atoms with Crippen LogP contribution in [-0.4, -0.2) is 46.9 Å². The third kappa shape index (κ3) is 5.78. The van der Waals surface area contributed by atoms with Crippen LogP contribution in [0.2, 0.25) is 0 Å². The van der Waals surface area contributed by atoms with Gasteiger partial charge in [0, 0.05) is 35.4 Å². The Morgan fingerprint density at radius 1 is 1.45 bits per heavy atom. The van der Waals surface area contributed by atoms with Crippen molar-refractivity contribution in [1.29, 1.82) is 0 Å². The van der Waals surface area contributed by atoms with Crippen molar-refractivity contribution >= 4 is 16.7 Å². The Morgan fingerprint density at radius 2 is 2.10 bits per heavy atom. The van der Waals surface area contributed by atoms with Crippen LogP contribution in [0.15, 0.2) is 0 Å². The number of carbonyl (C=O) groups is 1. The Kier molecular flexibility index (Phi) is 6.44. The SMILES string of the molecule is CC(CCS(C)=O)NC(=O)C1CCC(C(F)(F)F)CN1. The fourth-order valence-corrected chi connectivity index (χ4v) is 2.80. The van der Waals surface area contributed by atoms with Crippen molar-refractivity contribution in [2.24, 2.45) is 5.92 Å². The van der Waals surface area contributed by atoms with Crippen molar-refractivity contribution in [3.63, 3.8) is 0 Å². The second kappa shape index (κ2) is 7.40. The first kappa shape index (κ1) is 17.4. The molecule has 0 spiro atoms. The second-order valence-electron chi connectivity index (χ2n) is 5.25. The number of alkyl halides is 3. The molecule has 0 aliphatic carbocycles. The highest BCUT2D eigenvalue weighted by Crippen LogP contribution is 2.31. The molecule has 0 saturated carbocycles. The average Bonchev–Trinajstić information content (AvgIpc) is 2.35. The minimum absolute atomic E-state index is 0.0258. The Labute approximate surface area is 119 Å². The summed E-state index contributed by atoms with van der Waals surface area (Å²) in [6, 6.07) is -0.697. The van der Waals surface area contributed by atoms with Crippen LogP contribution in [0.25, 0.3) is 0 Å². The lowest BCUT2D eigenvalue weighted by Crippen LogP contribution is -2.52. The van der Waals surface area contributed by atoms with E-state index in [2.05, 4.69) is 10.6 Å². The Balaban J connectivity index is 2.34. The molecule has 0 aromatic rings. The molecule has 1 amide bonds. The number of nitrogens with one attached hydrogen (secondary N) is 2. The monoisotopic (exact) mass is 314 g/mol. The lowest BCUT2D eigenvalue weighted by molar-refractivity contribution is -0.180. The van der Waals surface area contributed by atoms with Gasteiger partial charge >= 0.3 is 6.18 Å². The smallest absolute Gasteiger partial charge is 0.352 e. The number of carbonyl (C=O) groups excluding carboxylic acids is 1. The van der Waals surface area contributed by atoms with E-state index in [0.717, 1.165) is 0 Å². The van der Waals surface area contributed by atoms with E-state index < -0.39 is 28.9 Å². The largest absolute Gasteiger partial charge is 0.393 e. The van der Waals surface area contributed by atoms with Gasteiger partial charge in [-0.2, -0.15) is 13.2 Å². The predicted molar refractivity (Wildman–Crippen MR) is 71.7 cm³/mol. The van der Waals surface area contributed by atoms with Gasteiger partial charge in [-0.25, -0.2) is 0 Å². The first-order valence-electron chi connectivity index (χ1n) is 6.60. The summed E-state index contributed by atoms with van der Waals surface area (Å²) in [6.07, 6.45) is -1.86. The van der Waals surface area contributed by atoms with Gasteiger partial charge in [0.15, 0.2) is 0 Å². The predicted octanol–water partition coefficient (Wildman–Crippen LogP) is 1.19. The van der Waals surface area contributed by atoms with Gasteiger partial charge in [-0.15, -0.1) is 0 Å². The van der Waals surface area contributed by atoms with Crippen LogP contribution in [0.1, 0.15) is 26.2 Å². The molecule has 118 valence electrons. The molecule has 0 aromatic heterocycles. The number of halogens is 3. The zero-order valence-electron chi connectivity index (χ0n) is 11.6. The van der Waals surface area contributed by atoms with Gasteiger partial charge in [0.2, 0.25) is 5.91 Å². The van der Waals surface area contributed by atoms with Crippen LogP contribution in [0, 0.1) is 5.92 Å². The second-order valence-corrected chi connectivity index (χ2v) is 6.81. The van der Waals surface area contributed by atoms with E-state index in [1.807, 2.05) is 0 Å². The van der Waals surface area contributed by atoms with Crippen molar-refractivity contribution in [2.45, 2.75) is 44.4 Å². The Morgan fingerprint density at radius 3 is 2.55 bits per heavy atom. The van der Waals surface area contributed by atoms with Crippen molar-refractivity contribution in [3.05, 3.63) is 0 Å². The van der Waals surface area contributed by atoms with Crippen LogP contribution in [0.4, 0.5) is 13.2 Å². The Hall–Kier alpha value is -0.630. The summed E-state index contributed by atoms with van der Waals surface area (Å²) in [5.74, 6) is -1.15. The maximum absolute atomic E-state index is 12.5. The molecule has 4 nitrogen and oxygen atoms in total. The molecule has 1 saturated heterocycles. The quantitative estimate of drug-likeness (QED) is 0.801. The highest BCUT2D eigenvalue weighted by molar-refractivity contribution is 7.84. The first-order valence-corrected chi connectivity index (χ1v) is 8.33. The van der Waals surface area contributed by atoms with Gasteiger partial charge in [-0.3, -0.25) is 9.00 Å². The first-order chi connectivity index (χ1) is 9.20. The molecule has 1 rings (SSSR count). The van der Waals surface area contributed by atoms with E-state index in [1.54, 1.807) is 13.2 Å². The van der Waals surface area contributed by atoms with E-state index in [1.165, 1.54) is 0 Å². The van der Waals surface area contributed by atoms with Gasteiger partial charge in [0.1, 0.15) is 0 Å². The zero-order chi connectivity index (χ0) is 15.3. The standard InChI is InChI=1S/C12H21F3N2O2S/c1-8(5-6-20(2)19)17-11(18)10-4-3-9(7-16-10)12(13,14)15/h8-10,16H,3-7H2,1-2H3,(H,17,18). The highest BCUT2D eigenvalue weighted by Gasteiger charge is 2.42. The van der Waals surface area contributed by atoms with E-state index in [4.69, 9.17) is 0 Å². The number of rotatable bonds is 5. The minimum Gasteiger partial charge on any atom is -0.352 e.